The molecule has 3 heteroatoms. The Kier molecular flexibility index (Phi) is 4.02. The van der Waals surface area contributed by atoms with Crippen molar-refractivity contribution in [3.8, 4) is 0 Å². The lowest BCUT2D eigenvalue weighted by Gasteiger charge is -2.14. The second kappa shape index (κ2) is 5.51. The maximum atomic E-state index is 5.73. The van der Waals surface area contributed by atoms with E-state index in [0.717, 1.165) is 36.9 Å². The van der Waals surface area contributed by atoms with Crippen molar-refractivity contribution in [3.05, 3.63) is 23.7 Å². The predicted molar refractivity (Wildman–Crippen MR) is 65.4 cm³/mol. The van der Waals surface area contributed by atoms with Crippen molar-refractivity contribution in [2.75, 3.05) is 26.7 Å². The summed E-state index contributed by atoms with van der Waals surface area (Å²) in [4.78, 5) is 2.49. The minimum Gasteiger partial charge on any atom is -0.465 e. The van der Waals surface area contributed by atoms with Crippen LogP contribution in [0.1, 0.15) is 24.9 Å². The average Bonchev–Trinajstić information content (AvgIpc) is 2.89. The van der Waals surface area contributed by atoms with E-state index in [-0.39, 0.29) is 0 Å². The smallest absolute Gasteiger partial charge is 0.118 e. The number of hydrogen-bond donors (Lipinski definition) is 1. The van der Waals surface area contributed by atoms with Gasteiger partial charge in [-0.05, 0) is 44.6 Å². The summed E-state index contributed by atoms with van der Waals surface area (Å²) in [6.45, 7) is 6.63. The Hall–Kier alpha value is -0.800. The van der Waals surface area contributed by atoms with Crippen LogP contribution >= 0.6 is 0 Å². The summed E-state index contributed by atoms with van der Waals surface area (Å²) in [6.07, 6.45) is 2.30. The normalized spacial score (nSPS) is 21.8. The molecule has 2 heterocycles. The summed E-state index contributed by atoms with van der Waals surface area (Å²) in [5, 5.41) is 3.26. The number of nitrogens with one attached hydrogen (secondary N) is 1. The maximum absolute atomic E-state index is 5.73. The number of aryl methyl sites for hydroxylation is 1. The molecule has 1 atom stereocenters. The maximum Gasteiger partial charge on any atom is 0.118 e. The van der Waals surface area contributed by atoms with Gasteiger partial charge in [-0.3, -0.25) is 4.90 Å². The van der Waals surface area contributed by atoms with E-state index in [4.69, 9.17) is 4.42 Å². The Morgan fingerprint density at radius 2 is 2.25 bits per heavy atom. The number of hydrogen-bond acceptors (Lipinski definition) is 3. The topological polar surface area (TPSA) is 28.4 Å². The van der Waals surface area contributed by atoms with Gasteiger partial charge >= 0.3 is 0 Å². The SMILES string of the molecule is CCc1ccc(CN2CCC(CNC)C2)o1. The first kappa shape index (κ1) is 11.7. The molecule has 90 valence electrons. The number of furan rings is 1. The highest BCUT2D eigenvalue weighted by Gasteiger charge is 2.22. The molecule has 1 N–H and O–H groups in total. The molecule has 1 unspecified atom stereocenters. The van der Waals surface area contributed by atoms with Gasteiger partial charge in [0.25, 0.3) is 0 Å². The van der Waals surface area contributed by atoms with Gasteiger partial charge in [-0.1, -0.05) is 6.92 Å². The molecule has 16 heavy (non-hydrogen) atoms. The molecule has 0 saturated carbocycles. The van der Waals surface area contributed by atoms with Gasteiger partial charge in [0.05, 0.1) is 6.54 Å². The lowest BCUT2D eigenvalue weighted by molar-refractivity contribution is 0.282. The van der Waals surface area contributed by atoms with Crippen LogP contribution in [0.15, 0.2) is 16.5 Å². The quantitative estimate of drug-likeness (QED) is 0.824. The lowest BCUT2D eigenvalue weighted by Crippen LogP contribution is -2.24. The first-order chi connectivity index (χ1) is 7.81. The molecule has 1 aromatic heterocycles. The molecule has 0 amide bonds. The highest BCUT2D eigenvalue weighted by molar-refractivity contribution is 5.07. The first-order valence-corrected chi connectivity index (χ1v) is 6.26. The second-order valence-corrected chi connectivity index (χ2v) is 4.67. The van der Waals surface area contributed by atoms with Gasteiger partial charge in [-0.15, -0.1) is 0 Å². The van der Waals surface area contributed by atoms with Gasteiger partial charge in [0.2, 0.25) is 0 Å². The molecule has 0 bridgehead atoms. The standard InChI is InChI=1S/C13H22N2O/c1-3-12-4-5-13(16-12)10-15-7-6-11(9-15)8-14-2/h4-5,11,14H,3,6-10H2,1-2H3. The van der Waals surface area contributed by atoms with Crippen LogP contribution in [0, 0.1) is 5.92 Å². The van der Waals surface area contributed by atoms with Crippen molar-refractivity contribution in [2.24, 2.45) is 5.92 Å². The van der Waals surface area contributed by atoms with Crippen LogP contribution in [-0.4, -0.2) is 31.6 Å². The third-order valence-electron chi connectivity index (χ3n) is 3.31. The largest absolute Gasteiger partial charge is 0.465 e. The van der Waals surface area contributed by atoms with Crippen LogP contribution in [0.25, 0.3) is 0 Å². The van der Waals surface area contributed by atoms with Crippen LogP contribution in [0.5, 0.6) is 0 Å². The molecule has 1 aromatic rings. The van der Waals surface area contributed by atoms with Gasteiger partial charge in [0, 0.05) is 13.0 Å². The Morgan fingerprint density at radius 3 is 2.94 bits per heavy atom. The lowest BCUT2D eigenvalue weighted by atomic mass is 10.1. The fourth-order valence-corrected chi connectivity index (χ4v) is 2.43. The molecule has 0 radical (unpaired) electrons. The zero-order valence-electron chi connectivity index (χ0n) is 10.3. The van der Waals surface area contributed by atoms with Gasteiger partial charge in [-0.25, -0.2) is 0 Å². The van der Waals surface area contributed by atoms with E-state index in [1.165, 1.54) is 19.5 Å². The highest BCUT2D eigenvalue weighted by Crippen LogP contribution is 2.19. The van der Waals surface area contributed by atoms with E-state index in [1.807, 2.05) is 7.05 Å². The molecule has 0 aliphatic carbocycles. The molecular weight excluding hydrogens is 200 g/mol. The van der Waals surface area contributed by atoms with Crippen LogP contribution in [0.2, 0.25) is 0 Å². The van der Waals surface area contributed by atoms with Crippen molar-refractivity contribution >= 4 is 0 Å². The second-order valence-electron chi connectivity index (χ2n) is 4.67. The number of nitrogens with zero attached hydrogens (tertiary/aromatic N) is 1. The minimum absolute atomic E-state index is 0.811. The van der Waals surface area contributed by atoms with Crippen LogP contribution in [0.3, 0.4) is 0 Å². The van der Waals surface area contributed by atoms with Crippen LogP contribution in [-0.2, 0) is 13.0 Å². The average molecular weight is 222 g/mol. The predicted octanol–water partition coefficient (Wildman–Crippen LogP) is 1.88. The fourth-order valence-electron chi connectivity index (χ4n) is 2.43. The summed E-state index contributed by atoms with van der Waals surface area (Å²) < 4.78 is 5.73. The van der Waals surface area contributed by atoms with Gasteiger partial charge < -0.3 is 9.73 Å². The molecule has 2 rings (SSSR count). The van der Waals surface area contributed by atoms with E-state index >= 15 is 0 Å². The van der Waals surface area contributed by atoms with Crippen LogP contribution in [0.4, 0.5) is 0 Å². The monoisotopic (exact) mass is 222 g/mol. The first-order valence-electron chi connectivity index (χ1n) is 6.26. The molecular formula is C13H22N2O. The van der Waals surface area contributed by atoms with Crippen molar-refractivity contribution in [2.45, 2.75) is 26.3 Å². The van der Waals surface area contributed by atoms with Gasteiger partial charge in [-0.2, -0.15) is 0 Å². The van der Waals surface area contributed by atoms with E-state index in [0.29, 0.717) is 0 Å². The molecule has 1 aliphatic rings. The van der Waals surface area contributed by atoms with E-state index in [1.54, 1.807) is 0 Å². The Balaban J connectivity index is 1.82. The molecule has 1 saturated heterocycles. The Labute approximate surface area is 97.8 Å². The third-order valence-corrected chi connectivity index (χ3v) is 3.31. The Morgan fingerprint density at radius 1 is 1.44 bits per heavy atom. The molecule has 0 spiro atoms. The van der Waals surface area contributed by atoms with E-state index < -0.39 is 0 Å². The summed E-state index contributed by atoms with van der Waals surface area (Å²) in [5.41, 5.74) is 0. The Bertz CT molecular complexity index is 321. The van der Waals surface area contributed by atoms with Gasteiger partial charge in [0.15, 0.2) is 0 Å². The summed E-state index contributed by atoms with van der Waals surface area (Å²) >= 11 is 0. The summed E-state index contributed by atoms with van der Waals surface area (Å²) in [7, 11) is 2.03. The zero-order chi connectivity index (χ0) is 11.4. The number of likely N-dealkylation sites (tertiary alicyclic amines) is 1. The van der Waals surface area contributed by atoms with Crippen molar-refractivity contribution in [1.29, 1.82) is 0 Å². The molecule has 1 fully saturated rings. The van der Waals surface area contributed by atoms with E-state index in [9.17, 15) is 0 Å². The van der Waals surface area contributed by atoms with Crippen LogP contribution < -0.4 is 5.32 Å². The van der Waals surface area contributed by atoms with Crippen molar-refractivity contribution < 1.29 is 4.42 Å². The highest BCUT2D eigenvalue weighted by atomic mass is 16.3. The third kappa shape index (κ3) is 2.86. The van der Waals surface area contributed by atoms with E-state index in [2.05, 4.69) is 29.3 Å². The van der Waals surface area contributed by atoms with Gasteiger partial charge in [0.1, 0.15) is 11.5 Å². The van der Waals surface area contributed by atoms with Crippen molar-refractivity contribution in [1.82, 2.24) is 10.2 Å². The fraction of sp³-hybridized carbons (Fsp3) is 0.692. The van der Waals surface area contributed by atoms with Crippen molar-refractivity contribution in [3.63, 3.8) is 0 Å². The molecule has 3 nitrogen and oxygen atoms in total. The minimum atomic E-state index is 0.811. The zero-order valence-corrected chi connectivity index (χ0v) is 10.3. The molecule has 1 aliphatic heterocycles. The summed E-state index contributed by atoms with van der Waals surface area (Å²) in [6, 6.07) is 4.21. The summed E-state index contributed by atoms with van der Waals surface area (Å²) in [5.74, 6) is 3.02. The number of rotatable bonds is 5. The molecule has 0 aromatic carbocycles.